The molecule has 2 aromatic rings. The van der Waals surface area contributed by atoms with Gasteiger partial charge >= 0.3 is 0 Å². The molecule has 124 valence electrons. The second kappa shape index (κ2) is 7.70. The Morgan fingerprint density at radius 2 is 2.04 bits per heavy atom. The van der Waals surface area contributed by atoms with E-state index in [2.05, 4.69) is 10.2 Å². The molecular formula is C16H20N2O4S. The van der Waals surface area contributed by atoms with Crippen molar-refractivity contribution in [1.29, 1.82) is 0 Å². The van der Waals surface area contributed by atoms with E-state index in [1.165, 1.54) is 18.2 Å². The van der Waals surface area contributed by atoms with Crippen LogP contribution in [0.1, 0.15) is 19.3 Å². The van der Waals surface area contributed by atoms with Crippen molar-refractivity contribution >= 4 is 11.8 Å². The van der Waals surface area contributed by atoms with E-state index in [9.17, 15) is 0 Å². The summed E-state index contributed by atoms with van der Waals surface area (Å²) in [6.07, 6.45) is 3.77. The number of hydrogen-bond acceptors (Lipinski definition) is 7. The van der Waals surface area contributed by atoms with Gasteiger partial charge in [0.2, 0.25) is 5.89 Å². The molecule has 0 N–H and O–H groups in total. The molecule has 1 aliphatic heterocycles. The van der Waals surface area contributed by atoms with Crippen molar-refractivity contribution in [2.24, 2.45) is 0 Å². The van der Waals surface area contributed by atoms with Crippen LogP contribution in [0.15, 0.2) is 27.8 Å². The maximum absolute atomic E-state index is 5.72. The number of thioether (sulfide) groups is 1. The summed E-state index contributed by atoms with van der Waals surface area (Å²) in [5.41, 5.74) is 0.802. The molecular weight excluding hydrogens is 316 g/mol. The topological polar surface area (TPSA) is 66.6 Å². The van der Waals surface area contributed by atoms with E-state index in [4.69, 9.17) is 18.6 Å². The Hall–Kier alpha value is -1.73. The quantitative estimate of drug-likeness (QED) is 0.749. The van der Waals surface area contributed by atoms with Crippen molar-refractivity contribution in [1.82, 2.24) is 10.2 Å². The molecule has 0 radical (unpaired) electrons. The lowest BCUT2D eigenvalue weighted by Gasteiger charge is -2.21. The highest BCUT2D eigenvalue weighted by Gasteiger charge is 2.17. The Morgan fingerprint density at radius 3 is 2.78 bits per heavy atom. The lowest BCUT2D eigenvalue weighted by Crippen LogP contribution is -2.21. The highest BCUT2D eigenvalue weighted by atomic mass is 32.2. The molecule has 6 nitrogen and oxygen atoms in total. The van der Waals surface area contributed by atoms with Gasteiger partial charge in [-0.2, -0.15) is 0 Å². The fraction of sp³-hybridized carbons (Fsp3) is 0.500. The molecule has 2 heterocycles. The van der Waals surface area contributed by atoms with E-state index in [1.807, 2.05) is 18.2 Å². The summed E-state index contributed by atoms with van der Waals surface area (Å²) in [7, 11) is 3.20. The van der Waals surface area contributed by atoms with Gasteiger partial charge in [-0.1, -0.05) is 11.8 Å². The average molecular weight is 336 g/mol. The van der Waals surface area contributed by atoms with Crippen molar-refractivity contribution in [2.75, 3.05) is 26.6 Å². The molecule has 1 aromatic heterocycles. The minimum Gasteiger partial charge on any atom is -0.493 e. The smallest absolute Gasteiger partial charge is 0.276 e. The van der Waals surface area contributed by atoms with Gasteiger partial charge in [-0.05, 0) is 37.5 Å². The fourth-order valence-electron chi connectivity index (χ4n) is 2.46. The number of aromatic nitrogens is 2. The van der Waals surface area contributed by atoms with Crippen LogP contribution in [0.25, 0.3) is 11.5 Å². The normalized spacial score (nSPS) is 17.9. The van der Waals surface area contributed by atoms with Gasteiger partial charge in [0, 0.05) is 17.9 Å². The largest absolute Gasteiger partial charge is 0.493 e. The predicted molar refractivity (Wildman–Crippen MR) is 87.2 cm³/mol. The van der Waals surface area contributed by atoms with Crippen molar-refractivity contribution in [3.05, 3.63) is 18.2 Å². The SMILES string of the molecule is COc1ccc(-c2nnc(SCC3CCCCO3)o2)cc1OC. The monoisotopic (exact) mass is 336 g/mol. The number of rotatable bonds is 6. The van der Waals surface area contributed by atoms with Gasteiger partial charge < -0.3 is 18.6 Å². The lowest BCUT2D eigenvalue weighted by molar-refractivity contribution is 0.0314. The van der Waals surface area contributed by atoms with Crippen molar-refractivity contribution in [3.63, 3.8) is 0 Å². The third kappa shape index (κ3) is 3.97. The van der Waals surface area contributed by atoms with Crippen LogP contribution in [-0.4, -0.2) is 42.9 Å². The summed E-state index contributed by atoms with van der Waals surface area (Å²) < 4.78 is 22.0. The molecule has 1 aromatic carbocycles. The Kier molecular flexibility index (Phi) is 5.40. The van der Waals surface area contributed by atoms with Gasteiger partial charge in [0.25, 0.3) is 5.22 Å². The van der Waals surface area contributed by atoms with E-state index in [0.29, 0.717) is 22.6 Å². The number of benzene rings is 1. The third-order valence-electron chi connectivity index (χ3n) is 3.70. The van der Waals surface area contributed by atoms with Crippen LogP contribution in [0.3, 0.4) is 0 Å². The van der Waals surface area contributed by atoms with Crippen LogP contribution in [0.2, 0.25) is 0 Å². The standard InChI is InChI=1S/C16H20N2O4S/c1-19-13-7-6-11(9-14(13)20-2)15-17-18-16(22-15)23-10-12-5-3-4-8-21-12/h6-7,9,12H,3-5,8,10H2,1-2H3. The van der Waals surface area contributed by atoms with Gasteiger partial charge in [-0.3, -0.25) is 0 Å². The first-order chi connectivity index (χ1) is 11.3. The summed E-state index contributed by atoms with van der Waals surface area (Å²) in [5.74, 6) is 2.61. The molecule has 1 unspecified atom stereocenters. The van der Waals surface area contributed by atoms with Gasteiger partial charge in [-0.25, -0.2) is 0 Å². The number of ether oxygens (including phenoxy) is 3. The molecule has 3 rings (SSSR count). The van der Waals surface area contributed by atoms with Gasteiger partial charge in [0.1, 0.15) is 0 Å². The Balaban J connectivity index is 1.66. The van der Waals surface area contributed by atoms with Crippen molar-refractivity contribution < 1.29 is 18.6 Å². The maximum atomic E-state index is 5.72. The zero-order chi connectivity index (χ0) is 16.1. The summed E-state index contributed by atoms with van der Waals surface area (Å²) in [6, 6.07) is 5.51. The van der Waals surface area contributed by atoms with E-state index in [-0.39, 0.29) is 6.10 Å². The van der Waals surface area contributed by atoms with Gasteiger partial charge in [0.15, 0.2) is 11.5 Å². The second-order valence-electron chi connectivity index (χ2n) is 5.24. The summed E-state index contributed by atoms with van der Waals surface area (Å²) >= 11 is 1.54. The highest BCUT2D eigenvalue weighted by Crippen LogP contribution is 2.33. The molecule has 7 heteroatoms. The lowest BCUT2D eigenvalue weighted by atomic mass is 10.1. The molecule has 0 amide bonds. The minimum absolute atomic E-state index is 0.283. The van der Waals surface area contributed by atoms with Gasteiger partial charge in [0.05, 0.1) is 20.3 Å². The second-order valence-corrected chi connectivity index (χ2v) is 6.21. The van der Waals surface area contributed by atoms with Crippen LogP contribution in [0, 0.1) is 0 Å². The zero-order valence-electron chi connectivity index (χ0n) is 13.3. The van der Waals surface area contributed by atoms with Crippen LogP contribution >= 0.6 is 11.8 Å². The van der Waals surface area contributed by atoms with Crippen molar-refractivity contribution in [2.45, 2.75) is 30.6 Å². The molecule has 1 aliphatic rings. The van der Waals surface area contributed by atoms with E-state index in [0.717, 1.165) is 30.8 Å². The molecule has 0 spiro atoms. The van der Waals surface area contributed by atoms with Crippen LogP contribution in [-0.2, 0) is 4.74 Å². The van der Waals surface area contributed by atoms with Gasteiger partial charge in [-0.15, -0.1) is 10.2 Å². The Morgan fingerprint density at radius 1 is 1.17 bits per heavy atom. The Labute approximate surface area is 139 Å². The molecule has 1 saturated heterocycles. The molecule has 0 saturated carbocycles. The molecule has 0 aliphatic carbocycles. The third-order valence-corrected chi connectivity index (χ3v) is 4.65. The number of nitrogens with zero attached hydrogens (tertiary/aromatic N) is 2. The highest BCUT2D eigenvalue weighted by molar-refractivity contribution is 7.99. The van der Waals surface area contributed by atoms with Crippen molar-refractivity contribution in [3.8, 4) is 23.0 Å². The van der Waals surface area contributed by atoms with E-state index < -0.39 is 0 Å². The number of methoxy groups -OCH3 is 2. The van der Waals surface area contributed by atoms with E-state index >= 15 is 0 Å². The predicted octanol–water partition coefficient (Wildman–Crippen LogP) is 3.42. The van der Waals surface area contributed by atoms with E-state index in [1.54, 1.807) is 14.2 Å². The summed E-state index contributed by atoms with van der Waals surface area (Å²) in [5, 5.41) is 8.76. The summed E-state index contributed by atoms with van der Waals surface area (Å²) in [6.45, 7) is 0.853. The first-order valence-electron chi connectivity index (χ1n) is 7.60. The first-order valence-corrected chi connectivity index (χ1v) is 8.59. The van der Waals surface area contributed by atoms with Crippen LogP contribution in [0.4, 0.5) is 0 Å². The number of hydrogen-bond donors (Lipinski definition) is 0. The Bertz CT molecular complexity index is 641. The maximum Gasteiger partial charge on any atom is 0.276 e. The molecule has 0 bridgehead atoms. The molecule has 1 fully saturated rings. The zero-order valence-corrected chi connectivity index (χ0v) is 14.1. The summed E-state index contributed by atoms with van der Waals surface area (Å²) in [4.78, 5) is 0. The first kappa shape index (κ1) is 16.1. The average Bonchev–Trinajstić information content (AvgIpc) is 3.09. The van der Waals surface area contributed by atoms with Crippen LogP contribution in [0.5, 0.6) is 11.5 Å². The molecule has 23 heavy (non-hydrogen) atoms. The molecule has 1 atom stereocenters. The minimum atomic E-state index is 0.283. The van der Waals surface area contributed by atoms with Crippen LogP contribution < -0.4 is 9.47 Å². The fourth-order valence-corrected chi connectivity index (χ4v) is 3.28.